The van der Waals surface area contributed by atoms with Crippen molar-refractivity contribution in [3.63, 3.8) is 0 Å². The summed E-state index contributed by atoms with van der Waals surface area (Å²) in [6.07, 6.45) is 0. The molecule has 0 saturated heterocycles. The van der Waals surface area contributed by atoms with E-state index in [9.17, 15) is 28.2 Å². The monoisotopic (exact) mass is 380 g/mol. The van der Waals surface area contributed by atoms with Gasteiger partial charge in [0.2, 0.25) is 9.84 Å². The molecule has 3 aromatic carbocycles. The number of aromatic hydroxyl groups is 2. The molecule has 0 radical (unpaired) electrons. The van der Waals surface area contributed by atoms with E-state index in [4.69, 9.17) is 0 Å². The number of ketones is 2. The van der Waals surface area contributed by atoms with Crippen molar-refractivity contribution in [2.75, 3.05) is 0 Å². The van der Waals surface area contributed by atoms with Crippen LogP contribution < -0.4 is 0 Å². The number of sulfone groups is 1. The zero-order valence-electron chi connectivity index (χ0n) is 13.7. The third kappa shape index (κ3) is 2.36. The van der Waals surface area contributed by atoms with E-state index in [1.165, 1.54) is 36.4 Å². The van der Waals surface area contributed by atoms with Crippen molar-refractivity contribution in [2.45, 2.75) is 9.79 Å². The van der Waals surface area contributed by atoms with Gasteiger partial charge in [0, 0.05) is 16.7 Å². The van der Waals surface area contributed by atoms with Crippen LogP contribution in [0.5, 0.6) is 11.5 Å². The number of carbonyl (C=O) groups is 2. The Kier molecular flexibility index (Phi) is 3.64. The number of carbonyl (C=O) groups excluding carboxylic acids is 2. The molecule has 3 aromatic rings. The Labute approximate surface area is 154 Å². The Morgan fingerprint density at radius 2 is 1.26 bits per heavy atom. The van der Waals surface area contributed by atoms with Crippen LogP contribution >= 0.6 is 0 Å². The molecule has 0 atom stereocenters. The van der Waals surface area contributed by atoms with E-state index in [-0.39, 0.29) is 21.6 Å². The number of phenols is 2. The third-order valence-corrected chi connectivity index (χ3v) is 6.28. The van der Waals surface area contributed by atoms with Crippen LogP contribution in [0, 0.1) is 0 Å². The molecule has 6 nitrogen and oxygen atoms in total. The quantitative estimate of drug-likeness (QED) is 0.553. The van der Waals surface area contributed by atoms with E-state index >= 15 is 0 Å². The van der Waals surface area contributed by atoms with Gasteiger partial charge in [0.25, 0.3) is 0 Å². The molecule has 0 saturated carbocycles. The first-order valence-corrected chi connectivity index (χ1v) is 9.40. The lowest BCUT2D eigenvalue weighted by Crippen LogP contribution is -2.22. The summed E-state index contributed by atoms with van der Waals surface area (Å²) in [5, 5.41) is 20.9. The van der Waals surface area contributed by atoms with Gasteiger partial charge < -0.3 is 10.2 Å². The molecular formula is C20H12O6S. The maximum absolute atomic E-state index is 12.9. The van der Waals surface area contributed by atoms with Crippen molar-refractivity contribution in [3.05, 3.63) is 82.9 Å². The summed E-state index contributed by atoms with van der Waals surface area (Å²) >= 11 is 0. The Hall–Kier alpha value is -3.45. The minimum Gasteiger partial charge on any atom is -0.506 e. The molecule has 1 aliphatic rings. The van der Waals surface area contributed by atoms with Gasteiger partial charge in [-0.3, -0.25) is 9.59 Å². The summed E-state index contributed by atoms with van der Waals surface area (Å²) in [6, 6.07) is 14.2. The van der Waals surface area contributed by atoms with Gasteiger partial charge >= 0.3 is 0 Å². The number of phenolic OH excluding ortho intramolecular Hbond substituents is 2. The van der Waals surface area contributed by atoms with E-state index in [0.717, 1.165) is 6.07 Å². The van der Waals surface area contributed by atoms with Crippen LogP contribution in [0.1, 0.15) is 31.8 Å². The fraction of sp³-hybridized carbons (Fsp3) is 0. The molecule has 0 heterocycles. The SMILES string of the molecule is O=C1c2ccccc2C(=O)c2c1cc(O)c(S(=O)(=O)c1ccccc1)c2O. The van der Waals surface area contributed by atoms with Crippen molar-refractivity contribution in [3.8, 4) is 11.5 Å². The van der Waals surface area contributed by atoms with Crippen LogP contribution in [0.25, 0.3) is 0 Å². The minimum atomic E-state index is -4.32. The highest BCUT2D eigenvalue weighted by Gasteiger charge is 2.37. The lowest BCUT2D eigenvalue weighted by molar-refractivity contribution is 0.0975. The lowest BCUT2D eigenvalue weighted by atomic mass is 9.83. The summed E-state index contributed by atoms with van der Waals surface area (Å²) in [7, 11) is -4.32. The second-order valence-electron chi connectivity index (χ2n) is 6.02. The molecule has 0 amide bonds. The summed E-state index contributed by atoms with van der Waals surface area (Å²) in [4.78, 5) is 24.5. The van der Waals surface area contributed by atoms with Crippen LogP contribution in [0.3, 0.4) is 0 Å². The number of hydrogen-bond donors (Lipinski definition) is 2. The highest BCUT2D eigenvalue weighted by atomic mass is 32.2. The van der Waals surface area contributed by atoms with Crippen LogP contribution in [0.4, 0.5) is 0 Å². The van der Waals surface area contributed by atoms with Gasteiger partial charge in [-0.25, -0.2) is 8.42 Å². The fourth-order valence-corrected chi connectivity index (χ4v) is 4.63. The molecule has 0 spiro atoms. The van der Waals surface area contributed by atoms with Gasteiger partial charge in [-0.15, -0.1) is 0 Å². The van der Waals surface area contributed by atoms with Crippen LogP contribution in [0.2, 0.25) is 0 Å². The first-order valence-electron chi connectivity index (χ1n) is 7.91. The summed E-state index contributed by atoms with van der Waals surface area (Å²) in [5.74, 6) is -2.98. The topological polar surface area (TPSA) is 109 Å². The van der Waals surface area contributed by atoms with Gasteiger partial charge in [-0.2, -0.15) is 0 Å². The predicted octanol–water partition coefficient (Wildman–Crippen LogP) is 2.71. The molecule has 7 heteroatoms. The predicted molar refractivity (Wildman–Crippen MR) is 95.0 cm³/mol. The Morgan fingerprint density at radius 1 is 0.704 bits per heavy atom. The van der Waals surface area contributed by atoms with Crippen molar-refractivity contribution in [1.82, 2.24) is 0 Å². The average molecular weight is 380 g/mol. The van der Waals surface area contributed by atoms with Crippen molar-refractivity contribution in [2.24, 2.45) is 0 Å². The maximum atomic E-state index is 12.9. The minimum absolute atomic E-state index is 0.0686. The molecule has 1 aliphatic carbocycles. The first kappa shape index (κ1) is 17.0. The first-order chi connectivity index (χ1) is 12.8. The Morgan fingerprint density at radius 3 is 1.89 bits per heavy atom. The fourth-order valence-electron chi connectivity index (χ4n) is 3.19. The second-order valence-corrected chi connectivity index (χ2v) is 7.90. The number of benzene rings is 3. The number of hydrogen-bond acceptors (Lipinski definition) is 6. The molecule has 27 heavy (non-hydrogen) atoms. The smallest absolute Gasteiger partial charge is 0.213 e. The molecule has 2 N–H and O–H groups in total. The molecular weight excluding hydrogens is 368 g/mol. The lowest BCUT2D eigenvalue weighted by Gasteiger charge is -2.20. The summed E-state index contributed by atoms with van der Waals surface area (Å²) < 4.78 is 25.8. The molecule has 0 aliphatic heterocycles. The largest absolute Gasteiger partial charge is 0.506 e. The number of fused-ring (bicyclic) bond motifs is 2. The van der Waals surface area contributed by atoms with Gasteiger partial charge in [-0.05, 0) is 18.2 Å². The van der Waals surface area contributed by atoms with Crippen molar-refractivity contribution < 1.29 is 28.2 Å². The van der Waals surface area contributed by atoms with Crippen LogP contribution in [-0.4, -0.2) is 30.2 Å². The zero-order chi connectivity index (χ0) is 19.3. The van der Waals surface area contributed by atoms with Gasteiger partial charge in [0.05, 0.1) is 10.5 Å². The van der Waals surface area contributed by atoms with E-state index in [1.54, 1.807) is 18.2 Å². The Balaban J connectivity index is 2.02. The molecule has 0 bridgehead atoms. The highest BCUT2D eigenvalue weighted by Crippen LogP contribution is 2.43. The van der Waals surface area contributed by atoms with Crippen molar-refractivity contribution in [1.29, 1.82) is 0 Å². The second kappa shape index (κ2) is 5.78. The van der Waals surface area contributed by atoms with Gasteiger partial charge in [0.1, 0.15) is 11.5 Å². The molecule has 134 valence electrons. The number of rotatable bonds is 2. The van der Waals surface area contributed by atoms with Crippen LogP contribution in [0.15, 0.2) is 70.5 Å². The van der Waals surface area contributed by atoms with E-state index in [2.05, 4.69) is 0 Å². The molecule has 0 fully saturated rings. The molecule has 4 rings (SSSR count). The van der Waals surface area contributed by atoms with Crippen LogP contribution in [-0.2, 0) is 9.84 Å². The molecule has 0 unspecified atom stereocenters. The van der Waals surface area contributed by atoms with E-state index in [1.807, 2.05) is 0 Å². The summed E-state index contributed by atoms with van der Waals surface area (Å²) in [5.41, 5.74) is -0.460. The van der Waals surface area contributed by atoms with E-state index in [0.29, 0.717) is 0 Å². The van der Waals surface area contributed by atoms with Crippen molar-refractivity contribution >= 4 is 21.4 Å². The molecule has 0 aromatic heterocycles. The highest BCUT2D eigenvalue weighted by molar-refractivity contribution is 7.91. The van der Waals surface area contributed by atoms with Gasteiger partial charge in [-0.1, -0.05) is 42.5 Å². The van der Waals surface area contributed by atoms with E-state index < -0.39 is 43.4 Å². The average Bonchev–Trinajstić information content (AvgIpc) is 2.66. The van der Waals surface area contributed by atoms with Gasteiger partial charge in [0.15, 0.2) is 16.5 Å². The maximum Gasteiger partial charge on any atom is 0.213 e. The Bertz CT molecular complexity index is 1230. The third-order valence-electron chi connectivity index (χ3n) is 4.45. The zero-order valence-corrected chi connectivity index (χ0v) is 14.5. The summed E-state index contributed by atoms with van der Waals surface area (Å²) in [6.45, 7) is 0. The standard InChI is InChI=1S/C20H12O6S/c21-15-10-14-16(18(23)13-9-5-4-8-12(13)17(14)22)19(24)20(15)27(25,26)11-6-2-1-3-7-11/h1-10,21,24H. The normalized spacial score (nSPS) is 13.2.